The highest BCUT2D eigenvalue weighted by molar-refractivity contribution is 7.21. The second kappa shape index (κ2) is 6.81. The lowest BCUT2D eigenvalue weighted by atomic mass is 10.1. The number of oxazole rings is 1. The van der Waals surface area contributed by atoms with Crippen LogP contribution < -0.4 is 5.56 Å². The Morgan fingerprint density at radius 3 is 2.76 bits per heavy atom. The van der Waals surface area contributed by atoms with Crippen molar-refractivity contribution >= 4 is 26.6 Å². The molecule has 0 unspecified atom stereocenters. The molecular formula is C17H9F3N4O4S. The average Bonchev–Trinajstić information content (AvgIpc) is 3.31. The zero-order valence-electron chi connectivity index (χ0n) is 14.2. The monoisotopic (exact) mass is 422 g/mol. The maximum Gasteiger partial charge on any atom is 0.417 e. The van der Waals surface area contributed by atoms with E-state index in [2.05, 4.69) is 9.97 Å². The van der Waals surface area contributed by atoms with Crippen LogP contribution in [0.2, 0.25) is 0 Å². The van der Waals surface area contributed by atoms with Gasteiger partial charge in [0, 0.05) is 11.6 Å². The summed E-state index contributed by atoms with van der Waals surface area (Å²) in [5, 5.41) is 10.7. The second-order valence-electron chi connectivity index (χ2n) is 5.93. The van der Waals surface area contributed by atoms with Crippen molar-refractivity contribution in [2.45, 2.75) is 12.7 Å². The number of benzene rings is 1. The van der Waals surface area contributed by atoms with Gasteiger partial charge < -0.3 is 4.42 Å². The summed E-state index contributed by atoms with van der Waals surface area (Å²) >= 11 is 0.776. The standard InChI is InChI=1S/C17H9F3N4O4S/c18-17(19,20)12-4-2-1-3-10(12)14-22-9(7-28-14)6-23-8-21-15-11(16(23)25)5-13(29-15)24(26)27/h1-5,7-8H,6H2. The van der Waals surface area contributed by atoms with Crippen LogP contribution in [-0.4, -0.2) is 19.5 Å². The molecule has 4 rings (SSSR count). The predicted molar refractivity (Wildman–Crippen MR) is 96.6 cm³/mol. The number of aromatic nitrogens is 3. The molecule has 0 saturated heterocycles. The van der Waals surface area contributed by atoms with Crippen molar-refractivity contribution in [2.75, 3.05) is 0 Å². The Morgan fingerprint density at radius 2 is 2.03 bits per heavy atom. The molecular weight excluding hydrogens is 413 g/mol. The van der Waals surface area contributed by atoms with E-state index in [4.69, 9.17) is 4.42 Å². The van der Waals surface area contributed by atoms with E-state index in [0.29, 0.717) is 0 Å². The van der Waals surface area contributed by atoms with E-state index in [-0.39, 0.29) is 38.9 Å². The fraction of sp³-hybridized carbons (Fsp3) is 0.118. The van der Waals surface area contributed by atoms with E-state index in [1.807, 2.05) is 0 Å². The molecule has 148 valence electrons. The number of alkyl halides is 3. The smallest absolute Gasteiger partial charge is 0.417 e. The summed E-state index contributed by atoms with van der Waals surface area (Å²) in [5.41, 5.74) is -1.44. The molecule has 0 aliphatic rings. The molecule has 0 aliphatic carbocycles. The van der Waals surface area contributed by atoms with Gasteiger partial charge in [-0.05, 0) is 23.5 Å². The molecule has 0 saturated carbocycles. The number of nitrogens with zero attached hydrogens (tertiary/aromatic N) is 4. The van der Waals surface area contributed by atoms with Gasteiger partial charge >= 0.3 is 11.2 Å². The summed E-state index contributed by atoms with van der Waals surface area (Å²) in [7, 11) is 0. The maximum absolute atomic E-state index is 13.2. The van der Waals surface area contributed by atoms with Crippen LogP contribution in [0.15, 0.2) is 52.1 Å². The van der Waals surface area contributed by atoms with Crippen LogP contribution >= 0.6 is 11.3 Å². The molecule has 3 heterocycles. The summed E-state index contributed by atoms with van der Waals surface area (Å²) < 4.78 is 45.9. The van der Waals surface area contributed by atoms with Gasteiger partial charge in [0.05, 0.1) is 34.4 Å². The van der Waals surface area contributed by atoms with Gasteiger partial charge in [-0.3, -0.25) is 19.5 Å². The number of hydrogen-bond acceptors (Lipinski definition) is 7. The minimum atomic E-state index is -4.58. The third-order valence-electron chi connectivity index (χ3n) is 4.03. The third kappa shape index (κ3) is 3.49. The zero-order valence-corrected chi connectivity index (χ0v) is 15.0. The third-order valence-corrected chi connectivity index (χ3v) is 5.03. The maximum atomic E-state index is 13.2. The fourth-order valence-electron chi connectivity index (χ4n) is 2.74. The Bertz CT molecular complexity index is 1290. The zero-order chi connectivity index (χ0) is 20.8. The van der Waals surface area contributed by atoms with E-state index in [1.165, 1.54) is 24.5 Å². The molecule has 3 aromatic heterocycles. The Hall–Kier alpha value is -3.54. The minimum Gasteiger partial charge on any atom is -0.444 e. The van der Waals surface area contributed by atoms with Crippen LogP contribution in [0.1, 0.15) is 11.3 Å². The van der Waals surface area contributed by atoms with Gasteiger partial charge in [-0.1, -0.05) is 12.1 Å². The molecule has 1 aromatic carbocycles. The summed E-state index contributed by atoms with van der Waals surface area (Å²) in [4.78, 5) is 31.1. The van der Waals surface area contributed by atoms with E-state index in [0.717, 1.165) is 34.3 Å². The molecule has 0 fully saturated rings. The lowest BCUT2D eigenvalue weighted by molar-refractivity contribution is -0.380. The van der Waals surface area contributed by atoms with Gasteiger partial charge in [0.2, 0.25) is 5.89 Å². The molecule has 0 radical (unpaired) electrons. The number of rotatable bonds is 4. The largest absolute Gasteiger partial charge is 0.444 e. The lowest BCUT2D eigenvalue weighted by Gasteiger charge is -2.09. The average molecular weight is 422 g/mol. The van der Waals surface area contributed by atoms with Gasteiger partial charge in [0.15, 0.2) is 0 Å². The first kappa shape index (κ1) is 18.8. The molecule has 4 aromatic rings. The van der Waals surface area contributed by atoms with Crippen LogP contribution in [-0.2, 0) is 12.7 Å². The molecule has 0 amide bonds. The second-order valence-corrected chi connectivity index (χ2v) is 6.93. The highest BCUT2D eigenvalue weighted by atomic mass is 32.1. The van der Waals surface area contributed by atoms with E-state index < -0.39 is 22.2 Å². The summed E-state index contributed by atoms with van der Waals surface area (Å²) in [6.07, 6.45) is -2.23. The van der Waals surface area contributed by atoms with Crippen molar-refractivity contribution in [2.24, 2.45) is 0 Å². The lowest BCUT2D eigenvalue weighted by Crippen LogP contribution is -2.20. The first-order valence-electron chi connectivity index (χ1n) is 7.98. The van der Waals surface area contributed by atoms with Gasteiger partial charge in [0.25, 0.3) is 5.56 Å². The first-order chi connectivity index (χ1) is 13.7. The van der Waals surface area contributed by atoms with Crippen molar-refractivity contribution in [1.82, 2.24) is 14.5 Å². The Balaban J connectivity index is 1.68. The summed E-state index contributed by atoms with van der Waals surface area (Å²) in [6.45, 7) is -0.122. The molecule has 0 N–H and O–H groups in total. The Labute approximate surface area is 163 Å². The van der Waals surface area contributed by atoms with E-state index in [1.54, 1.807) is 0 Å². The number of nitro groups is 1. The number of thiophene rings is 1. The van der Waals surface area contributed by atoms with Crippen LogP contribution in [0.3, 0.4) is 0 Å². The van der Waals surface area contributed by atoms with Crippen molar-refractivity contribution in [3.63, 3.8) is 0 Å². The topological polar surface area (TPSA) is 104 Å². The highest BCUT2D eigenvalue weighted by Crippen LogP contribution is 2.36. The summed E-state index contributed by atoms with van der Waals surface area (Å²) in [6, 6.07) is 5.99. The molecule has 0 aliphatic heterocycles. The fourth-order valence-corrected chi connectivity index (χ4v) is 3.55. The van der Waals surface area contributed by atoms with E-state index in [9.17, 15) is 28.1 Å². The van der Waals surface area contributed by atoms with Crippen molar-refractivity contribution in [1.29, 1.82) is 0 Å². The SMILES string of the molecule is O=c1c2cc([N+](=O)[O-])sc2ncn1Cc1coc(-c2ccccc2C(F)(F)F)n1. The predicted octanol–water partition coefficient (Wildman–Crippen LogP) is 4.09. The number of halogens is 3. The quantitative estimate of drug-likeness (QED) is 0.362. The molecule has 0 spiro atoms. The van der Waals surface area contributed by atoms with Gasteiger partial charge in [-0.15, -0.1) is 0 Å². The highest BCUT2D eigenvalue weighted by Gasteiger charge is 2.34. The molecule has 0 bridgehead atoms. The van der Waals surface area contributed by atoms with Gasteiger partial charge in [-0.25, -0.2) is 9.97 Å². The molecule has 0 atom stereocenters. The molecule has 29 heavy (non-hydrogen) atoms. The summed E-state index contributed by atoms with van der Waals surface area (Å²) in [5.74, 6) is -0.235. The normalized spacial score (nSPS) is 11.8. The minimum absolute atomic E-state index is 0.0790. The first-order valence-corrected chi connectivity index (χ1v) is 8.80. The number of fused-ring (bicyclic) bond motifs is 1. The van der Waals surface area contributed by atoms with Crippen molar-refractivity contribution in [3.8, 4) is 11.5 Å². The van der Waals surface area contributed by atoms with Crippen LogP contribution in [0, 0.1) is 10.1 Å². The molecule has 8 nitrogen and oxygen atoms in total. The Kier molecular flexibility index (Phi) is 4.42. The van der Waals surface area contributed by atoms with Crippen molar-refractivity contribution in [3.05, 3.63) is 74.6 Å². The van der Waals surface area contributed by atoms with Crippen LogP contribution in [0.4, 0.5) is 18.2 Å². The van der Waals surface area contributed by atoms with E-state index >= 15 is 0 Å². The van der Waals surface area contributed by atoms with Gasteiger partial charge in [0.1, 0.15) is 11.1 Å². The number of hydrogen-bond donors (Lipinski definition) is 0. The molecule has 12 heteroatoms. The van der Waals surface area contributed by atoms with Crippen LogP contribution in [0.5, 0.6) is 0 Å². The van der Waals surface area contributed by atoms with Crippen LogP contribution in [0.25, 0.3) is 21.7 Å². The van der Waals surface area contributed by atoms with Gasteiger partial charge in [-0.2, -0.15) is 13.2 Å². The Morgan fingerprint density at radius 1 is 1.28 bits per heavy atom. The van der Waals surface area contributed by atoms with Crippen molar-refractivity contribution < 1.29 is 22.5 Å².